The summed E-state index contributed by atoms with van der Waals surface area (Å²) in [5.74, 6) is -0.182. The molecule has 3 heteroatoms. The molecule has 0 fully saturated rings. The summed E-state index contributed by atoms with van der Waals surface area (Å²) in [6.45, 7) is 3.52. The number of nitrogens with zero attached hydrogens (tertiary/aromatic N) is 1. The van der Waals surface area contributed by atoms with E-state index in [1.54, 1.807) is 6.07 Å². The summed E-state index contributed by atoms with van der Waals surface area (Å²) >= 11 is 0. The van der Waals surface area contributed by atoms with Gasteiger partial charge in [0.2, 0.25) is 0 Å². The van der Waals surface area contributed by atoms with E-state index in [0.717, 1.165) is 35.5 Å². The second kappa shape index (κ2) is 5.85. The molecule has 2 N–H and O–H groups in total. The van der Waals surface area contributed by atoms with Crippen molar-refractivity contribution in [2.75, 3.05) is 12.8 Å². The molecular formula is C16H19FN2. The van der Waals surface area contributed by atoms with Crippen LogP contribution >= 0.6 is 0 Å². The van der Waals surface area contributed by atoms with Gasteiger partial charge in [-0.15, -0.1) is 0 Å². The van der Waals surface area contributed by atoms with E-state index in [1.165, 1.54) is 6.07 Å². The summed E-state index contributed by atoms with van der Waals surface area (Å²) in [4.78, 5) is 2.15. The first-order valence-corrected chi connectivity index (χ1v) is 6.32. The minimum absolute atomic E-state index is 0.182. The Balaban J connectivity index is 2.05. The molecule has 100 valence electrons. The predicted octanol–water partition coefficient (Wildman–Crippen LogP) is 3.35. The molecule has 0 unspecified atom stereocenters. The molecule has 2 nitrogen and oxygen atoms in total. The Labute approximate surface area is 113 Å². The van der Waals surface area contributed by atoms with Crippen molar-refractivity contribution in [3.8, 4) is 0 Å². The van der Waals surface area contributed by atoms with Crippen LogP contribution in [0.4, 0.5) is 10.1 Å². The zero-order valence-electron chi connectivity index (χ0n) is 11.4. The smallest absolute Gasteiger partial charge is 0.123 e. The normalized spacial score (nSPS) is 10.9. The van der Waals surface area contributed by atoms with Gasteiger partial charge in [-0.3, -0.25) is 4.90 Å². The third kappa shape index (κ3) is 3.80. The molecule has 0 saturated heterocycles. The molecule has 0 bridgehead atoms. The van der Waals surface area contributed by atoms with Gasteiger partial charge in [-0.25, -0.2) is 4.39 Å². The standard InChI is InChI=1S/C16H19FN2/c1-12-6-7-15(17)9-14(12)11-19(2)10-13-4-3-5-16(18)8-13/h3-9H,10-11,18H2,1-2H3. The van der Waals surface area contributed by atoms with Crippen LogP contribution in [0.15, 0.2) is 42.5 Å². The Hall–Kier alpha value is -1.87. The van der Waals surface area contributed by atoms with E-state index in [0.29, 0.717) is 0 Å². The number of halogens is 1. The molecule has 2 aromatic rings. The molecule has 0 aliphatic carbocycles. The number of aryl methyl sites for hydroxylation is 1. The second-order valence-electron chi connectivity index (χ2n) is 4.99. The lowest BCUT2D eigenvalue weighted by Gasteiger charge is -2.18. The van der Waals surface area contributed by atoms with E-state index in [9.17, 15) is 4.39 Å². The van der Waals surface area contributed by atoms with Crippen molar-refractivity contribution in [1.29, 1.82) is 0 Å². The lowest BCUT2D eigenvalue weighted by Crippen LogP contribution is -2.18. The maximum Gasteiger partial charge on any atom is 0.123 e. The van der Waals surface area contributed by atoms with Gasteiger partial charge in [0.15, 0.2) is 0 Å². The first kappa shape index (κ1) is 13.6. The highest BCUT2D eigenvalue weighted by molar-refractivity contribution is 5.40. The number of hydrogen-bond acceptors (Lipinski definition) is 2. The highest BCUT2D eigenvalue weighted by atomic mass is 19.1. The first-order valence-electron chi connectivity index (χ1n) is 6.32. The second-order valence-corrected chi connectivity index (χ2v) is 4.99. The maximum atomic E-state index is 13.2. The fourth-order valence-corrected chi connectivity index (χ4v) is 2.16. The topological polar surface area (TPSA) is 29.3 Å². The van der Waals surface area contributed by atoms with Gasteiger partial charge in [0, 0.05) is 18.8 Å². The van der Waals surface area contributed by atoms with Crippen LogP contribution in [0.5, 0.6) is 0 Å². The minimum Gasteiger partial charge on any atom is -0.399 e. The molecule has 0 aliphatic rings. The number of anilines is 1. The Kier molecular flexibility index (Phi) is 4.17. The highest BCUT2D eigenvalue weighted by Crippen LogP contribution is 2.15. The van der Waals surface area contributed by atoms with Crippen LogP contribution in [0.3, 0.4) is 0 Å². The quantitative estimate of drug-likeness (QED) is 0.852. The van der Waals surface area contributed by atoms with Crippen LogP contribution < -0.4 is 5.73 Å². The molecule has 2 rings (SSSR count). The summed E-state index contributed by atoms with van der Waals surface area (Å²) in [5.41, 5.74) is 9.83. The van der Waals surface area contributed by atoms with Gasteiger partial charge in [0.25, 0.3) is 0 Å². The summed E-state index contributed by atoms with van der Waals surface area (Å²) in [6, 6.07) is 12.8. The molecule has 2 aromatic carbocycles. The SMILES string of the molecule is Cc1ccc(F)cc1CN(C)Cc1cccc(N)c1. The van der Waals surface area contributed by atoms with E-state index in [4.69, 9.17) is 5.73 Å². The Bertz CT molecular complexity index is 566. The molecule has 0 spiro atoms. The van der Waals surface area contributed by atoms with Crippen molar-refractivity contribution < 1.29 is 4.39 Å². The largest absolute Gasteiger partial charge is 0.399 e. The molecule has 19 heavy (non-hydrogen) atoms. The third-order valence-corrected chi connectivity index (χ3v) is 3.15. The lowest BCUT2D eigenvalue weighted by molar-refractivity contribution is 0.318. The van der Waals surface area contributed by atoms with Gasteiger partial charge in [-0.2, -0.15) is 0 Å². The van der Waals surface area contributed by atoms with Crippen molar-refractivity contribution in [3.05, 3.63) is 65.0 Å². The molecule has 0 amide bonds. The number of benzene rings is 2. The zero-order valence-corrected chi connectivity index (χ0v) is 11.4. The third-order valence-electron chi connectivity index (χ3n) is 3.15. The molecule has 0 aromatic heterocycles. The van der Waals surface area contributed by atoms with Gasteiger partial charge in [0.05, 0.1) is 0 Å². The summed E-state index contributed by atoms with van der Waals surface area (Å²) in [6.07, 6.45) is 0. The van der Waals surface area contributed by atoms with E-state index >= 15 is 0 Å². The molecule has 0 heterocycles. The van der Waals surface area contributed by atoms with Crippen LogP contribution in [0.25, 0.3) is 0 Å². The number of hydrogen-bond donors (Lipinski definition) is 1. The van der Waals surface area contributed by atoms with Crippen molar-refractivity contribution in [3.63, 3.8) is 0 Å². The lowest BCUT2D eigenvalue weighted by atomic mass is 10.1. The summed E-state index contributed by atoms with van der Waals surface area (Å²) < 4.78 is 13.2. The average Bonchev–Trinajstić information content (AvgIpc) is 2.34. The van der Waals surface area contributed by atoms with Crippen molar-refractivity contribution in [1.82, 2.24) is 4.90 Å². The van der Waals surface area contributed by atoms with Gasteiger partial charge in [-0.1, -0.05) is 18.2 Å². The number of rotatable bonds is 4. The Morgan fingerprint density at radius 3 is 2.63 bits per heavy atom. The molecule has 0 atom stereocenters. The van der Waals surface area contributed by atoms with Gasteiger partial charge in [0.1, 0.15) is 5.82 Å². The van der Waals surface area contributed by atoms with Gasteiger partial charge >= 0.3 is 0 Å². The predicted molar refractivity (Wildman–Crippen MR) is 77.2 cm³/mol. The number of nitrogen functional groups attached to an aromatic ring is 1. The van der Waals surface area contributed by atoms with E-state index in [1.807, 2.05) is 44.3 Å². The van der Waals surface area contributed by atoms with E-state index in [-0.39, 0.29) is 5.82 Å². The minimum atomic E-state index is -0.182. The Morgan fingerprint density at radius 2 is 1.89 bits per heavy atom. The fourth-order valence-electron chi connectivity index (χ4n) is 2.16. The van der Waals surface area contributed by atoms with Crippen LogP contribution in [-0.2, 0) is 13.1 Å². The molecular weight excluding hydrogens is 239 g/mol. The summed E-state index contributed by atoms with van der Waals surface area (Å²) in [7, 11) is 2.02. The molecule has 0 aliphatic heterocycles. The van der Waals surface area contributed by atoms with Gasteiger partial charge in [-0.05, 0) is 54.9 Å². The van der Waals surface area contributed by atoms with Crippen LogP contribution in [0.2, 0.25) is 0 Å². The maximum absolute atomic E-state index is 13.2. The molecule has 0 saturated carbocycles. The highest BCUT2D eigenvalue weighted by Gasteiger charge is 2.05. The van der Waals surface area contributed by atoms with Crippen LogP contribution in [0, 0.1) is 12.7 Å². The van der Waals surface area contributed by atoms with Crippen LogP contribution in [-0.4, -0.2) is 11.9 Å². The fraction of sp³-hybridized carbons (Fsp3) is 0.250. The average molecular weight is 258 g/mol. The number of nitrogens with two attached hydrogens (primary N) is 1. The van der Waals surface area contributed by atoms with E-state index in [2.05, 4.69) is 4.90 Å². The Morgan fingerprint density at radius 1 is 1.11 bits per heavy atom. The van der Waals surface area contributed by atoms with Crippen molar-refractivity contribution >= 4 is 5.69 Å². The van der Waals surface area contributed by atoms with Crippen molar-refractivity contribution in [2.24, 2.45) is 0 Å². The monoisotopic (exact) mass is 258 g/mol. The van der Waals surface area contributed by atoms with Crippen LogP contribution in [0.1, 0.15) is 16.7 Å². The van der Waals surface area contributed by atoms with Gasteiger partial charge < -0.3 is 5.73 Å². The summed E-state index contributed by atoms with van der Waals surface area (Å²) in [5, 5.41) is 0. The van der Waals surface area contributed by atoms with E-state index < -0.39 is 0 Å². The first-order chi connectivity index (χ1) is 9.04. The zero-order chi connectivity index (χ0) is 13.8. The molecule has 0 radical (unpaired) electrons. The van der Waals surface area contributed by atoms with Crippen molar-refractivity contribution in [2.45, 2.75) is 20.0 Å².